The van der Waals surface area contributed by atoms with E-state index >= 15 is 0 Å². The molecule has 94 valence electrons. The SMILES string of the molecule is CN(c1cc(CCl)c(Cl)cn1)C1CCOCC1. The summed E-state index contributed by atoms with van der Waals surface area (Å²) in [6, 6.07) is 2.45. The van der Waals surface area contributed by atoms with Crippen molar-refractivity contribution in [1.29, 1.82) is 0 Å². The summed E-state index contributed by atoms with van der Waals surface area (Å²) >= 11 is 11.8. The van der Waals surface area contributed by atoms with E-state index in [1.807, 2.05) is 6.07 Å². The number of ether oxygens (including phenoxy) is 1. The lowest BCUT2D eigenvalue weighted by atomic mass is 10.1. The zero-order valence-electron chi connectivity index (χ0n) is 9.83. The second-order valence-corrected chi connectivity index (χ2v) is 4.90. The van der Waals surface area contributed by atoms with Crippen molar-refractivity contribution in [3.63, 3.8) is 0 Å². The fourth-order valence-corrected chi connectivity index (χ4v) is 2.48. The molecule has 0 N–H and O–H groups in total. The van der Waals surface area contributed by atoms with Gasteiger partial charge in [0.1, 0.15) is 5.82 Å². The van der Waals surface area contributed by atoms with E-state index in [0.717, 1.165) is 37.4 Å². The van der Waals surface area contributed by atoms with Crippen LogP contribution >= 0.6 is 23.2 Å². The lowest BCUT2D eigenvalue weighted by molar-refractivity contribution is 0.0853. The fraction of sp³-hybridized carbons (Fsp3) is 0.583. The molecule has 1 aliphatic rings. The number of hydrogen-bond donors (Lipinski definition) is 0. The topological polar surface area (TPSA) is 25.4 Å². The molecule has 0 spiro atoms. The second-order valence-electron chi connectivity index (χ2n) is 4.22. The van der Waals surface area contributed by atoms with Crippen molar-refractivity contribution in [3.8, 4) is 0 Å². The molecule has 0 aliphatic carbocycles. The largest absolute Gasteiger partial charge is 0.381 e. The Bertz CT molecular complexity index is 381. The highest BCUT2D eigenvalue weighted by molar-refractivity contribution is 6.32. The predicted octanol–water partition coefficient (Wildman–Crippen LogP) is 3.09. The number of aromatic nitrogens is 1. The maximum Gasteiger partial charge on any atom is 0.128 e. The van der Waals surface area contributed by atoms with Crippen LogP contribution in [0.15, 0.2) is 12.3 Å². The third-order valence-electron chi connectivity index (χ3n) is 3.16. The number of rotatable bonds is 3. The molecular formula is C12H16Cl2N2O. The van der Waals surface area contributed by atoms with E-state index in [9.17, 15) is 0 Å². The summed E-state index contributed by atoms with van der Waals surface area (Å²) in [7, 11) is 2.06. The molecule has 2 heterocycles. The van der Waals surface area contributed by atoms with Crippen molar-refractivity contribution in [2.45, 2.75) is 24.8 Å². The van der Waals surface area contributed by atoms with E-state index < -0.39 is 0 Å². The van der Waals surface area contributed by atoms with Gasteiger partial charge in [0.15, 0.2) is 0 Å². The van der Waals surface area contributed by atoms with Gasteiger partial charge in [-0.05, 0) is 24.5 Å². The Labute approximate surface area is 112 Å². The molecule has 0 saturated carbocycles. The normalized spacial score (nSPS) is 17.1. The van der Waals surface area contributed by atoms with Gasteiger partial charge < -0.3 is 9.64 Å². The van der Waals surface area contributed by atoms with Crippen molar-refractivity contribution < 1.29 is 4.74 Å². The van der Waals surface area contributed by atoms with E-state index in [0.29, 0.717) is 16.9 Å². The molecule has 1 aromatic rings. The third-order valence-corrected chi connectivity index (χ3v) is 3.79. The summed E-state index contributed by atoms with van der Waals surface area (Å²) in [5.74, 6) is 1.34. The lowest BCUT2D eigenvalue weighted by Gasteiger charge is -2.32. The van der Waals surface area contributed by atoms with Crippen LogP contribution in [0.5, 0.6) is 0 Å². The number of pyridine rings is 1. The number of hydrogen-bond acceptors (Lipinski definition) is 3. The first-order chi connectivity index (χ1) is 8.22. The Morgan fingerprint density at radius 3 is 2.82 bits per heavy atom. The molecule has 0 radical (unpaired) electrons. The summed E-state index contributed by atoms with van der Waals surface area (Å²) in [6.07, 6.45) is 3.75. The van der Waals surface area contributed by atoms with Crippen LogP contribution in [0.4, 0.5) is 5.82 Å². The number of anilines is 1. The van der Waals surface area contributed by atoms with E-state index in [1.54, 1.807) is 6.20 Å². The van der Waals surface area contributed by atoms with E-state index in [-0.39, 0.29) is 0 Å². The summed E-state index contributed by atoms with van der Waals surface area (Å²) in [6.45, 7) is 1.65. The van der Waals surface area contributed by atoms with Crippen molar-refractivity contribution in [3.05, 3.63) is 22.8 Å². The Hall–Kier alpha value is -0.510. The van der Waals surface area contributed by atoms with Crippen LogP contribution in [0.2, 0.25) is 5.02 Å². The van der Waals surface area contributed by atoms with Crippen molar-refractivity contribution in [1.82, 2.24) is 4.98 Å². The van der Waals surface area contributed by atoms with Crippen LogP contribution in [0, 0.1) is 0 Å². The lowest BCUT2D eigenvalue weighted by Crippen LogP contribution is -2.37. The standard InChI is InChI=1S/C12H16Cl2N2O/c1-16(10-2-4-17-5-3-10)12-6-9(7-13)11(14)8-15-12/h6,8,10H,2-5,7H2,1H3. The van der Waals surface area contributed by atoms with Gasteiger partial charge in [-0.2, -0.15) is 0 Å². The molecule has 0 atom stereocenters. The Kier molecular flexibility index (Phi) is 4.48. The van der Waals surface area contributed by atoms with Crippen LogP contribution in [-0.4, -0.2) is 31.3 Å². The fourth-order valence-electron chi connectivity index (χ4n) is 2.02. The highest BCUT2D eigenvalue weighted by atomic mass is 35.5. The summed E-state index contributed by atoms with van der Waals surface area (Å²) < 4.78 is 5.36. The first-order valence-electron chi connectivity index (χ1n) is 5.73. The second kappa shape index (κ2) is 5.89. The van der Waals surface area contributed by atoms with Crippen LogP contribution in [0.1, 0.15) is 18.4 Å². The summed E-state index contributed by atoms with van der Waals surface area (Å²) in [4.78, 5) is 6.55. The molecule has 0 bridgehead atoms. The zero-order chi connectivity index (χ0) is 12.3. The molecule has 1 aliphatic heterocycles. The quantitative estimate of drug-likeness (QED) is 0.793. The predicted molar refractivity (Wildman–Crippen MR) is 71.0 cm³/mol. The van der Waals surface area contributed by atoms with Gasteiger partial charge in [-0.25, -0.2) is 4.98 Å². The van der Waals surface area contributed by atoms with Gasteiger partial charge in [-0.15, -0.1) is 11.6 Å². The molecule has 1 saturated heterocycles. The van der Waals surface area contributed by atoms with Crippen LogP contribution < -0.4 is 4.90 Å². The third kappa shape index (κ3) is 3.03. The minimum Gasteiger partial charge on any atom is -0.381 e. The van der Waals surface area contributed by atoms with Gasteiger partial charge in [-0.3, -0.25) is 0 Å². The molecule has 0 aromatic carbocycles. The average Bonchev–Trinajstić information content (AvgIpc) is 2.39. The van der Waals surface area contributed by atoms with Crippen molar-refractivity contribution in [2.24, 2.45) is 0 Å². The summed E-state index contributed by atoms with van der Waals surface area (Å²) in [5.41, 5.74) is 0.928. The monoisotopic (exact) mass is 274 g/mol. The number of alkyl halides is 1. The Morgan fingerprint density at radius 1 is 1.47 bits per heavy atom. The van der Waals surface area contributed by atoms with E-state index in [4.69, 9.17) is 27.9 Å². The van der Waals surface area contributed by atoms with E-state index in [2.05, 4.69) is 16.9 Å². The minimum atomic E-state index is 0.413. The van der Waals surface area contributed by atoms with Crippen LogP contribution in [-0.2, 0) is 10.6 Å². The molecule has 5 heteroatoms. The maximum atomic E-state index is 6.00. The molecular weight excluding hydrogens is 259 g/mol. The van der Waals surface area contributed by atoms with Gasteiger partial charge in [0.05, 0.1) is 5.02 Å². The molecule has 3 nitrogen and oxygen atoms in total. The van der Waals surface area contributed by atoms with Gasteiger partial charge in [0, 0.05) is 38.4 Å². The Balaban J connectivity index is 2.15. The van der Waals surface area contributed by atoms with Crippen LogP contribution in [0.25, 0.3) is 0 Å². The molecule has 1 fully saturated rings. The average molecular weight is 275 g/mol. The molecule has 0 amide bonds. The minimum absolute atomic E-state index is 0.413. The number of halogens is 2. The molecule has 2 rings (SSSR count). The molecule has 1 aromatic heterocycles. The first kappa shape index (κ1) is 12.9. The van der Waals surface area contributed by atoms with E-state index in [1.165, 1.54) is 0 Å². The number of nitrogens with zero attached hydrogens (tertiary/aromatic N) is 2. The maximum absolute atomic E-state index is 6.00. The first-order valence-corrected chi connectivity index (χ1v) is 6.64. The van der Waals surface area contributed by atoms with Gasteiger partial charge >= 0.3 is 0 Å². The van der Waals surface area contributed by atoms with Gasteiger partial charge in [0.2, 0.25) is 0 Å². The highest BCUT2D eigenvalue weighted by Crippen LogP contribution is 2.24. The molecule has 0 unspecified atom stereocenters. The highest BCUT2D eigenvalue weighted by Gasteiger charge is 2.20. The van der Waals surface area contributed by atoms with Crippen LogP contribution in [0.3, 0.4) is 0 Å². The smallest absolute Gasteiger partial charge is 0.128 e. The van der Waals surface area contributed by atoms with Gasteiger partial charge in [-0.1, -0.05) is 11.6 Å². The van der Waals surface area contributed by atoms with Crippen molar-refractivity contribution >= 4 is 29.0 Å². The van der Waals surface area contributed by atoms with Gasteiger partial charge in [0.25, 0.3) is 0 Å². The molecule has 17 heavy (non-hydrogen) atoms. The Morgan fingerprint density at radius 2 is 2.18 bits per heavy atom. The van der Waals surface area contributed by atoms with Crippen molar-refractivity contribution in [2.75, 3.05) is 25.2 Å². The summed E-state index contributed by atoms with van der Waals surface area (Å²) in [5, 5.41) is 0.629. The zero-order valence-corrected chi connectivity index (χ0v) is 11.3.